The predicted molar refractivity (Wildman–Crippen MR) is 95.4 cm³/mol. The van der Waals surface area contributed by atoms with Crippen LogP contribution in [0.4, 0.5) is 11.4 Å². The standard InChI is InChI=1S/C19H22N2O3/c1-4-18(22)21-17-12-15(8-5-13(17)2)20-19(23)11-14-6-9-16(24-3)10-7-14/h5-10,12H,4,11H2,1-3H3,(H,20,23)(H,21,22). The maximum absolute atomic E-state index is 12.2. The molecule has 0 saturated heterocycles. The number of ether oxygens (including phenoxy) is 1. The summed E-state index contributed by atoms with van der Waals surface area (Å²) >= 11 is 0. The minimum Gasteiger partial charge on any atom is -0.497 e. The molecular formula is C19H22N2O3. The molecule has 24 heavy (non-hydrogen) atoms. The summed E-state index contributed by atoms with van der Waals surface area (Å²) in [6, 6.07) is 12.8. The molecule has 0 radical (unpaired) electrons. The summed E-state index contributed by atoms with van der Waals surface area (Å²) in [6.45, 7) is 3.71. The van der Waals surface area contributed by atoms with E-state index in [0.717, 1.165) is 16.9 Å². The van der Waals surface area contributed by atoms with E-state index in [1.165, 1.54) is 0 Å². The minimum absolute atomic E-state index is 0.0557. The summed E-state index contributed by atoms with van der Waals surface area (Å²) in [7, 11) is 1.61. The van der Waals surface area contributed by atoms with Gasteiger partial charge in [0.05, 0.1) is 13.5 Å². The van der Waals surface area contributed by atoms with Gasteiger partial charge in [0.1, 0.15) is 5.75 Å². The van der Waals surface area contributed by atoms with Gasteiger partial charge >= 0.3 is 0 Å². The Bertz CT molecular complexity index is 724. The number of aryl methyl sites for hydroxylation is 1. The van der Waals surface area contributed by atoms with Crippen molar-refractivity contribution in [2.24, 2.45) is 0 Å². The van der Waals surface area contributed by atoms with Crippen molar-refractivity contribution in [3.8, 4) is 5.75 Å². The van der Waals surface area contributed by atoms with Crippen LogP contribution in [0.1, 0.15) is 24.5 Å². The highest BCUT2D eigenvalue weighted by Gasteiger charge is 2.08. The summed E-state index contributed by atoms with van der Waals surface area (Å²) in [5.74, 6) is 0.589. The Morgan fingerprint density at radius 1 is 1.00 bits per heavy atom. The number of amides is 2. The summed E-state index contributed by atoms with van der Waals surface area (Å²) in [4.78, 5) is 23.7. The van der Waals surface area contributed by atoms with Crippen molar-refractivity contribution in [3.63, 3.8) is 0 Å². The van der Waals surface area contributed by atoms with Crippen LogP contribution in [0.15, 0.2) is 42.5 Å². The van der Waals surface area contributed by atoms with Crippen molar-refractivity contribution >= 4 is 23.2 Å². The van der Waals surface area contributed by atoms with Gasteiger partial charge in [-0.1, -0.05) is 25.1 Å². The topological polar surface area (TPSA) is 67.4 Å². The summed E-state index contributed by atoms with van der Waals surface area (Å²) < 4.78 is 5.10. The highest BCUT2D eigenvalue weighted by Crippen LogP contribution is 2.21. The molecule has 0 aliphatic rings. The molecule has 2 aromatic carbocycles. The SMILES string of the molecule is CCC(=O)Nc1cc(NC(=O)Cc2ccc(OC)cc2)ccc1C. The average molecular weight is 326 g/mol. The fraction of sp³-hybridized carbons (Fsp3) is 0.263. The van der Waals surface area contributed by atoms with Crippen LogP contribution in [0.5, 0.6) is 5.75 Å². The van der Waals surface area contributed by atoms with Gasteiger partial charge in [-0.2, -0.15) is 0 Å². The Labute approximate surface area is 142 Å². The molecule has 0 unspecified atom stereocenters. The largest absolute Gasteiger partial charge is 0.497 e. The number of rotatable bonds is 6. The van der Waals surface area contributed by atoms with Crippen molar-refractivity contribution in [2.75, 3.05) is 17.7 Å². The zero-order valence-electron chi connectivity index (χ0n) is 14.2. The normalized spacial score (nSPS) is 10.1. The molecule has 0 spiro atoms. The lowest BCUT2D eigenvalue weighted by Crippen LogP contribution is -2.15. The van der Waals surface area contributed by atoms with Gasteiger partial charge in [-0.3, -0.25) is 9.59 Å². The molecule has 0 bridgehead atoms. The summed E-state index contributed by atoms with van der Waals surface area (Å²) in [6.07, 6.45) is 0.683. The van der Waals surface area contributed by atoms with Gasteiger partial charge in [-0.05, 0) is 42.3 Å². The number of hydrogen-bond donors (Lipinski definition) is 2. The second-order valence-electron chi connectivity index (χ2n) is 5.50. The quantitative estimate of drug-likeness (QED) is 0.853. The first-order valence-corrected chi connectivity index (χ1v) is 7.85. The third-order valence-corrected chi connectivity index (χ3v) is 3.64. The van der Waals surface area contributed by atoms with Gasteiger partial charge < -0.3 is 15.4 Å². The molecule has 0 saturated carbocycles. The van der Waals surface area contributed by atoms with E-state index in [0.29, 0.717) is 17.8 Å². The van der Waals surface area contributed by atoms with E-state index in [4.69, 9.17) is 4.74 Å². The fourth-order valence-corrected chi connectivity index (χ4v) is 2.21. The van der Waals surface area contributed by atoms with Crippen LogP contribution in [0.2, 0.25) is 0 Å². The molecule has 126 valence electrons. The molecule has 2 amide bonds. The van der Waals surface area contributed by atoms with Gasteiger partial charge in [0.2, 0.25) is 11.8 Å². The van der Waals surface area contributed by atoms with E-state index in [1.807, 2.05) is 43.3 Å². The third-order valence-electron chi connectivity index (χ3n) is 3.64. The lowest BCUT2D eigenvalue weighted by atomic mass is 10.1. The van der Waals surface area contributed by atoms with Gasteiger partial charge in [0.15, 0.2) is 0 Å². The van der Waals surface area contributed by atoms with Crippen molar-refractivity contribution in [1.82, 2.24) is 0 Å². The lowest BCUT2D eigenvalue weighted by molar-refractivity contribution is -0.116. The van der Waals surface area contributed by atoms with E-state index >= 15 is 0 Å². The molecule has 0 heterocycles. The average Bonchev–Trinajstić information content (AvgIpc) is 2.58. The number of anilines is 2. The van der Waals surface area contributed by atoms with Crippen molar-refractivity contribution in [2.45, 2.75) is 26.7 Å². The molecule has 5 heteroatoms. The van der Waals surface area contributed by atoms with Crippen molar-refractivity contribution in [1.29, 1.82) is 0 Å². The second kappa shape index (κ2) is 8.15. The third kappa shape index (κ3) is 4.84. The molecule has 0 atom stereocenters. The number of methoxy groups -OCH3 is 1. The zero-order chi connectivity index (χ0) is 17.5. The number of hydrogen-bond acceptors (Lipinski definition) is 3. The highest BCUT2D eigenvalue weighted by atomic mass is 16.5. The Morgan fingerprint density at radius 3 is 2.33 bits per heavy atom. The Hall–Kier alpha value is -2.82. The summed E-state index contributed by atoms with van der Waals surface area (Å²) in [5.41, 5.74) is 3.22. The number of benzene rings is 2. The zero-order valence-corrected chi connectivity index (χ0v) is 14.2. The predicted octanol–water partition coefficient (Wildman–Crippen LogP) is 3.53. The smallest absolute Gasteiger partial charge is 0.228 e. The maximum atomic E-state index is 12.2. The van der Waals surface area contributed by atoms with E-state index in [9.17, 15) is 9.59 Å². The monoisotopic (exact) mass is 326 g/mol. The molecule has 2 rings (SSSR count). The van der Waals surface area contributed by atoms with E-state index in [2.05, 4.69) is 10.6 Å². The van der Waals surface area contributed by atoms with Gasteiger partial charge in [0.25, 0.3) is 0 Å². The molecule has 2 N–H and O–H groups in total. The van der Waals surface area contributed by atoms with Crippen LogP contribution in [-0.2, 0) is 16.0 Å². The van der Waals surface area contributed by atoms with Crippen LogP contribution >= 0.6 is 0 Å². The fourth-order valence-electron chi connectivity index (χ4n) is 2.21. The molecule has 5 nitrogen and oxygen atoms in total. The molecule has 0 fully saturated rings. The van der Waals surface area contributed by atoms with E-state index in [-0.39, 0.29) is 18.2 Å². The van der Waals surface area contributed by atoms with Gasteiger partial charge in [-0.25, -0.2) is 0 Å². The van der Waals surface area contributed by atoms with Crippen LogP contribution in [0, 0.1) is 6.92 Å². The molecular weight excluding hydrogens is 304 g/mol. The van der Waals surface area contributed by atoms with Gasteiger partial charge in [0, 0.05) is 17.8 Å². The molecule has 0 aromatic heterocycles. The van der Waals surface area contributed by atoms with Crippen LogP contribution in [-0.4, -0.2) is 18.9 Å². The molecule has 0 aliphatic carbocycles. The Morgan fingerprint density at radius 2 is 1.71 bits per heavy atom. The number of nitrogens with one attached hydrogen (secondary N) is 2. The maximum Gasteiger partial charge on any atom is 0.228 e. The molecule has 2 aromatic rings. The van der Waals surface area contributed by atoms with Crippen LogP contribution < -0.4 is 15.4 Å². The molecule has 0 aliphatic heterocycles. The van der Waals surface area contributed by atoms with Crippen LogP contribution in [0.25, 0.3) is 0 Å². The first-order valence-electron chi connectivity index (χ1n) is 7.85. The summed E-state index contributed by atoms with van der Waals surface area (Å²) in [5, 5.41) is 5.69. The second-order valence-corrected chi connectivity index (χ2v) is 5.50. The highest BCUT2D eigenvalue weighted by molar-refractivity contribution is 5.95. The Balaban J connectivity index is 2.02. The lowest BCUT2D eigenvalue weighted by Gasteiger charge is -2.11. The van der Waals surface area contributed by atoms with Crippen LogP contribution in [0.3, 0.4) is 0 Å². The number of carbonyl (C=O) groups excluding carboxylic acids is 2. The first-order chi connectivity index (χ1) is 11.5. The minimum atomic E-state index is -0.114. The van der Waals surface area contributed by atoms with E-state index < -0.39 is 0 Å². The number of carbonyl (C=O) groups is 2. The van der Waals surface area contributed by atoms with Gasteiger partial charge in [-0.15, -0.1) is 0 Å². The van der Waals surface area contributed by atoms with Crippen molar-refractivity contribution in [3.05, 3.63) is 53.6 Å². The first kappa shape index (κ1) is 17.5. The van der Waals surface area contributed by atoms with Crippen molar-refractivity contribution < 1.29 is 14.3 Å². The van der Waals surface area contributed by atoms with E-state index in [1.54, 1.807) is 20.1 Å². The Kier molecular flexibility index (Phi) is 5.95.